The molecule has 0 amide bonds. The van der Waals surface area contributed by atoms with E-state index < -0.39 is 5.60 Å². The van der Waals surface area contributed by atoms with E-state index in [0.717, 1.165) is 61.6 Å². The molecule has 2 aromatic heterocycles. The molecule has 1 atom stereocenters. The molecule has 9 nitrogen and oxygen atoms in total. The van der Waals surface area contributed by atoms with Crippen molar-refractivity contribution in [2.75, 3.05) is 37.6 Å². The molecule has 3 fully saturated rings. The highest BCUT2D eigenvalue weighted by molar-refractivity contribution is 6.62. The Bertz CT molecular complexity index is 1130. The zero-order valence-corrected chi connectivity index (χ0v) is 24.6. The monoisotopic (exact) mass is 523 g/mol. The van der Waals surface area contributed by atoms with Crippen LogP contribution in [0.25, 0.3) is 0 Å². The first kappa shape index (κ1) is 27.6. The molecule has 206 valence electrons. The number of anilines is 1. The smallest absolute Gasteiger partial charge is 0.399 e. The summed E-state index contributed by atoms with van der Waals surface area (Å²) in [6.07, 6.45) is 4.79. The molecule has 0 spiro atoms. The molecule has 0 aromatic carbocycles. The Balaban J connectivity index is 1.14. The average molecular weight is 523 g/mol. The summed E-state index contributed by atoms with van der Waals surface area (Å²) in [5, 5.41) is 4.47. The highest BCUT2D eigenvalue weighted by Crippen LogP contribution is 2.40. The number of aromatic nitrogens is 3. The minimum Gasteiger partial charge on any atom is -0.399 e. The fourth-order valence-electron chi connectivity index (χ4n) is 5.41. The normalized spacial score (nSPS) is 26.9. The quantitative estimate of drug-likeness (QED) is 0.533. The molecular formula is C27H43B2N5O4. The number of hydrogen-bond donors (Lipinski definition) is 0. The number of aryl methyl sites for hydroxylation is 2. The van der Waals surface area contributed by atoms with Gasteiger partial charge in [0.05, 0.1) is 28.1 Å². The van der Waals surface area contributed by atoms with E-state index in [1.165, 1.54) is 0 Å². The zero-order valence-electron chi connectivity index (χ0n) is 24.6. The van der Waals surface area contributed by atoms with Crippen LogP contribution in [0.5, 0.6) is 0 Å². The van der Waals surface area contributed by atoms with E-state index in [-0.39, 0.29) is 31.0 Å². The second kappa shape index (κ2) is 9.63. The Hall–Kier alpha value is -1.91. The van der Waals surface area contributed by atoms with Crippen LogP contribution < -0.4 is 15.8 Å². The highest BCUT2D eigenvalue weighted by atomic mass is 16.7. The first-order chi connectivity index (χ1) is 17.7. The molecule has 3 aliphatic rings. The summed E-state index contributed by atoms with van der Waals surface area (Å²) in [4.78, 5) is 9.63. The molecule has 3 saturated heterocycles. The lowest BCUT2D eigenvalue weighted by molar-refractivity contribution is -0.0218. The minimum absolute atomic E-state index is 0.354. The van der Waals surface area contributed by atoms with Gasteiger partial charge in [-0.25, -0.2) is 4.98 Å². The van der Waals surface area contributed by atoms with Crippen LogP contribution in [0.15, 0.2) is 24.5 Å². The molecule has 0 N–H and O–H groups in total. The molecule has 0 saturated carbocycles. The summed E-state index contributed by atoms with van der Waals surface area (Å²) < 4.78 is 27.1. The Morgan fingerprint density at radius 2 is 1.47 bits per heavy atom. The van der Waals surface area contributed by atoms with Crippen molar-refractivity contribution in [2.45, 2.75) is 84.2 Å². The molecular weight excluding hydrogens is 480 g/mol. The summed E-state index contributed by atoms with van der Waals surface area (Å²) >= 11 is 0. The van der Waals surface area contributed by atoms with Crippen LogP contribution in [-0.4, -0.2) is 89.0 Å². The number of nitrogens with zero attached hydrogens (tertiary/aromatic N) is 5. The lowest BCUT2D eigenvalue weighted by Crippen LogP contribution is -2.51. The molecule has 5 rings (SSSR count). The summed E-state index contributed by atoms with van der Waals surface area (Å²) in [5.74, 6) is 1.00. The second-order valence-electron chi connectivity index (χ2n) is 12.8. The Labute approximate surface area is 228 Å². The summed E-state index contributed by atoms with van der Waals surface area (Å²) in [5.41, 5.74) is 1.43. The van der Waals surface area contributed by atoms with Gasteiger partial charge in [-0.15, -0.1) is 0 Å². The van der Waals surface area contributed by atoms with Crippen LogP contribution in [0.2, 0.25) is 0 Å². The molecule has 0 bridgehead atoms. The fraction of sp³-hybridized carbons (Fsp3) is 0.704. The van der Waals surface area contributed by atoms with Gasteiger partial charge in [0.2, 0.25) is 0 Å². The van der Waals surface area contributed by atoms with Crippen LogP contribution in [0, 0.1) is 6.92 Å². The van der Waals surface area contributed by atoms with Crippen molar-refractivity contribution in [1.29, 1.82) is 0 Å². The lowest BCUT2D eigenvalue weighted by Gasteiger charge is -2.40. The number of rotatable bonds is 6. The van der Waals surface area contributed by atoms with Crippen LogP contribution >= 0.6 is 0 Å². The maximum atomic E-state index is 6.56. The van der Waals surface area contributed by atoms with E-state index >= 15 is 0 Å². The van der Waals surface area contributed by atoms with Crippen LogP contribution in [0.4, 0.5) is 5.82 Å². The predicted molar refractivity (Wildman–Crippen MR) is 151 cm³/mol. The third kappa shape index (κ3) is 5.04. The predicted octanol–water partition coefficient (Wildman–Crippen LogP) is 1.91. The van der Waals surface area contributed by atoms with Gasteiger partial charge in [-0.2, -0.15) is 5.10 Å². The van der Waals surface area contributed by atoms with Crippen molar-refractivity contribution < 1.29 is 18.6 Å². The van der Waals surface area contributed by atoms with Gasteiger partial charge in [0.25, 0.3) is 0 Å². The van der Waals surface area contributed by atoms with E-state index in [1.54, 1.807) is 0 Å². The maximum Gasteiger partial charge on any atom is 0.498 e. The fourth-order valence-corrected chi connectivity index (χ4v) is 5.41. The molecule has 11 heteroatoms. The van der Waals surface area contributed by atoms with Gasteiger partial charge in [0.1, 0.15) is 5.82 Å². The van der Waals surface area contributed by atoms with Crippen molar-refractivity contribution >= 4 is 31.0 Å². The lowest BCUT2D eigenvalue weighted by atomic mass is 9.79. The number of pyridine rings is 1. The van der Waals surface area contributed by atoms with Gasteiger partial charge >= 0.3 is 14.2 Å². The molecule has 2 aromatic rings. The van der Waals surface area contributed by atoms with Crippen LogP contribution in [0.1, 0.15) is 60.6 Å². The van der Waals surface area contributed by atoms with E-state index in [2.05, 4.69) is 75.5 Å². The Morgan fingerprint density at radius 1 is 0.842 bits per heavy atom. The van der Waals surface area contributed by atoms with Crippen LogP contribution in [0.3, 0.4) is 0 Å². The molecule has 0 aliphatic carbocycles. The van der Waals surface area contributed by atoms with E-state index in [0.29, 0.717) is 0 Å². The molecule has 3 aliphatic heterocycles. The number of piperazine rings is 1. The second-order valence-corrected chi connectivity index (χ2v) is 12.8. The Morgan fingerprint density at radius 3 is 2.03 bits per heavy atom. The van der Waals surface area contributed by atoms with Gasteiger partial charge in [-0.05, 0) is 67.9 Å². The zero-order chi connectivity index (χ0) is 27.5. The molecule has 38 heavy (non-hydrogen) atoms. The minimum atomic E-state index is -0.398. The third-order valence-corrected chi connectivity index (χ3v) is 9.25. The Kier molecular flexibility index (Phi) is 7.00. The summed E-state index contributed by atoms with van der Waals surface area (Å²) in [6, 6.07) is 4.17. The van der Waals surface area contributed by atoms with Crippen molar-refractivity contribution in [2.24, 2.45) is 7.05 Å². The largest absolute Gasteiger partial charge is 0.498 e. The van der Waals surface area contributed by atoms with Gasteiger partial charge in [-0.3, -0.25) is 9.58 Å². The molecule has 5 heterocycles. The molecule has 1 unspecified atom stereocenters. The highest BCUT2D eigenvalue weighted by Gasteiger charge is 2.55. The first-order valence-corrected chi connectivity index (χ1v) is 13.8. The van der Waals surface area contributed by atoms with Gasteiger partial charge < -0.3 is 23.5 Å². The summed E-state index contributed by atoms with van der Waals surface area (Å²) in [7, 11) is 1.17. The van der Waals surface area contributed by atoms with E-state index in [4.69, 9.17) is 23.6 Å². The third-order valence-electron chi connectivity index (χ3n) is 9.25. The molecule has 0 radical (unpaired) electrons. The topological polar surface area (TPSA) is 74.1 Å². The SMILES string of the molecule is Cc1nn(C)cc1B1OC(C)(C)C(C)(CCN2CCN(c3ccc(B4OC(C)(C)C(C)(C)O4)cn3)CC2)O1. The van der Waals surface area contributed by atoms with Crippen molar-refractivity contribution in [1.82, 2.24) is 19.7 Å². The standard InChI is InChI=1S/C27H43B2N5O4/c1-20-22(19-32(9)31-20)29-37-26(6,7)27(8,38-29)12-13-33-14-16-34(17-15-33)23-11-10-21(18-30-23)28-35-24(2,3)25(4,5)36-28/h10-11,18-19H,12-17H2,1-9H3. The maximum absolute atomic E-state index is 6.56. The van der Waals surface area contributed by atoms with Crippen molar-refractivity contribution in [3.05, 3.63) is 30.2 Å². The van der Waals surface area contributed by atoms with E-state index in [1.807, 2.05) is 31.0 Å². The van der Waals surface area contributed by atoms with E-state index in [9.17, 15) is 0 Å². The van der Waals surface area contributed by atoms with Gasteiger partial charge in [0.15, 0.2) is 0 Å². The summed E-state index contributed by atoms with van der Waals surface area (Å²) in [6.45, 7) is 21.6. The van der Waals surface area contributed by atoms with Crippen LogP contribution in [-0.2, 0) is 25.7 Å². The van der Waals surface area contributed by atoms with Crippen molar-refractivity contribution in [3.8, 4) is 0 Å². The van der Waals surface area contributed by atoms with Gasteiger partial charge in [0, 0.05) is 63.1 Å². The van der Waals surface area contributed by atoms with Crippen molar-refractivity contribution in [3.63, 3.8) is 0 Å². The number of hydrogen-bond acceptors (Lipinski definition) is 8. The average Bonchev–Trinajstić information content (AvgIpc) is 3.39. The first-order valence-electron chi connectivity index (χ1n) is 13.8. The van der Waals surface area contributed by atoms with Gasteiger partial charge in [-0.1, -0.05) is 6.07 Å².